The van der Waals surface area contributed by atoms with E-state index in [9.17, 15) is 0 Å². The van der Waals surface area contributed by atoms with E-state index in [1.54, 1.807) is 0 Å². The Morgan fingerprint density at radius 3 is 1.93 bits per heavy atom. The van der Waals surface area contributed by atoms with Crippen LogP contribution in [0.3, 0.4) is 0 Å². The molecule has 7 heteroatoms. The van der Waals surface area contributed by atoms with Gasteiger partial charge >= 0.3 is 21.1 Å². The number of imidazole rings is 2. The Balaban J connectivity index is 0.00000361. The van der Waals surface area contributed by atoms with Crippen LogP contribution in [0.15, 0.2) is 164 Å². The van der Waals surface area contributed by atoms with Gasteiger partial charge in [-0.1, -0.05) is 143 Å². The van der Waals surface area contributed by atoms with Crippen molar-refractivity contribution >= 4 is 54.8 Å². The number of rotatable bonds is 5. The maximum atomic E-state index is 6.59. The predicted octanol–water partition coefficient (Wildman–Crippen LogP) is 11.4. The van der Waals surface area contributed by atoms with Crippen LogP contribution in [0.1, 0.15) is 0 Å². The molecule has 6 aromatic carbocycles. The number of aromatic nitrogens is 5. The van der Waals surface area contributed by atoms with E-state index in [1.165, 1.54) is 11.1 Å². The summed E-state index contributed by atoms with van der Waals surface area (Å²) in [5.41, 5.74) is 11.3. The summed E-state index contributed by atoms with van der Waals surface area (Å²) in [6.45, 7) is 0. The Kier molecular flexibility index (Phi) is 7.60. The number of benzene rings is 6. The molecule has 0 aliphatic rings. The number of fused-ring (bicyclic) bond motifs is 12. The van der Waals surface area contributed by atoms with E-state index in [-0.39, 0.29) is 21.1 Å². The van der Waals surface area contributed by atoms with Crippen molar-refractivity contribution in [3.05, 3.63) is 176 Å². The van der Waals surface area contributed by atoms with E-state index in [1.807, 2.05) is 67.3 Å². The molecule has 0 aliphatic heterocycles. The summed E-state index contributed by atoms with van der Waals surface area (Å²) >= 11 is 0. The van der Waals surface area contributed by atoms with E-state index in [4.69, 9.17) is 19.7 Å². The van der Waals surface area contributed by atoms with Crippen molar-refractivity contribution in [1.82, 2.24) is 23.8 Å². The minimum Gasteiger partial charge on any atom is -0.497 e. The summed E-state index contributed by atoms with van der Waals surface area (Å²) in [4.78, 5) is 14.5. The Labute approximate surface area is 324 Å². The zero-order chi connectivity index (χ0) is 34.9. The normalized spacial score (nSPS) is 11.6. The van der Waals surface area contributed by atoms with Crippen LogP contribution < -0.4 is 4.74 Å². The van der Waals surface area contributed by atoms with E-state index in [2.05, 4.69) is 118 Å². The maximum Gasteiger partial charge on any atom is 2.00 e. The average molecular weight is 873 g/mol. The standard InChI is InChI=1S/C47H27N5O.Pt/c1-4-11-30(12-5-1)35-22-23-40-44(43(35)32-15-8-3-9-16-32)36-20-18-33(27-38(36)46-49-25-26-51(40)46)53-34-19-21-37-39(28-34)47-50-29-42(31-13-6-2-7-14-31)52(47)41-17-10-24-48-45(37)41;/h1-26,29H;/q-2;+2. The van der Waals surface area contributed by atoms with Gasteiger partial charge < -0.3 is 13.5 Å². The van der Waals surface area contributed by atoms with Gasteiger partial charge in [0.05, 0.1) is 28.0 Å². The molecule has 256 valence electrons. The van der Waals surface area contributed by atoms with Crippen LogP contribution in [0.4, 0.5) is 0 Å². The molecule has 0 N–H and O–H groups in total. The fourth-order valence-electron chi connectivity index (χ4n) is 7.83. The second-order valence-electron chi connectivity index (χ2n) is 13.1. The first-order valence-corrected chi connectivity index (χ1v) is 17.5. The van der Waals surface area contributed by atoms with Crippen molar-refractivity contribution in [2.24, 2.45) is 0 Å². The van der Waals surface area contributed by atoms with Crippen molar-refractivity contribution < 1.29 is 25.8 Å². The Hall–Kier alpha value is -6.62. The van der Waals surface area contributed by atoms with Crippen molar-refractivity contribution in [2.75, 3.05) is 0 Å². The van der Waals surface area contributed by atoms with Crippen molar-refractivity contribution in [3.63, 3.8) is 0 Å². The quantitative estimate of drug-likeness (QED) is 0.128. The van der Waals surface area contributed by atoms with Gasteiger partial charge in [0.25, 0.3) is 0 Å². The zero-order valence-corrected chi connectivity index (χ0v) is 30.8. The molecule has 0 atom stereocenters. The molecule has 0 saturated carbocycles. The molecule has 0 spiro atoms. The number of nitrogens with zero attached hydrogens (tertiary/aromatic N) is 5. The second kappa shape index (κ2) is 12.8. The average Bonchev–Trinajstić information content (AvgIpc) is 3.91. The number of hydrogen-bond donors (Lipinski definition) is 0. The Bertz CT molecular complexity index is 3190. The van der Waals surface area contributed by atoms with Gasteiger partial charge in [-0.2, -0.15) is 0 Å². The van der Waals surface area contributed by atoms with E-state index < -0.39 is 0 Å². The van der Waals surface area contributed by atoms with E-state index >= 15 is 0 Å². The maximum absolute atomic E-state index is 6.59. The van der Waals surface area contributed by atoms with Gasteiger partial charge in [0.1, 0.15) is 0 Å². The predicted molar refractivity (Wildman–Crippen MR) is 212 cm³/mol. The summed E-state index contributed by atoms with van der Waals surface area (Å²) in [6, 6.07) is 55.2. The Morgan fingerprint density at radius 1 is 0.519 bits per heavy atom. The molecular weight excluding hydrogens is 846 g/mol. The van der Waals surface area contributed by atoms with Crippen LogP contribution >= 0.6 is 0 Å². The van der Waals surface area contributed by atoms with Gasteiger partial charge in [-0.15, -0.1) is 12.1 Å². The molecule has 11 aromatic rings. The van der Waals surface area contributed by atoms with Gasteiger partial charge in [0.15, 0.2) is 0 Å². The van der Waals surface area contributed by atoms with Crippen LogP contribution in [0, 0.1) is 12.1 Å². The summed E-state index contributed by atoms with van der Waals surface area (Å²) < 4.78 is 10.9. The van der Waals surface area contributed by atoms with Gasteiger partial charge in [0.2, 0.25) is 0 Å². The molecule has 0 saturated heterocycles. The van der Waals surface area contributed by atoms with Crippen molar-refractivity contribution in [3.8, 4) is 45.0 Å². The molecule has 11 rings (SSSR count). The van der Waals surface area contributed by atoms with Gasteiger partial charge in [-0.05, 0) is 51.4 Å². The monoisotopic (exact) mass is 872 g/mol. The molecule has 0 unspecified atom stereocenters. The van der Waals surface area contributed by atoms with Gasteiger partial charge in [-0.3, -0.25) is 15.0 Å². The number of hydrogen-bond acceptors (Lipinski definition) is 4. The van der Waals surface area contributed by atoms with Crippen molar-refractivity contribution in [2.45, 2.75) is 0 Å². The zero-order valence-electron chi connectivity index (χ0n) is 28.5. The molecule has 0 bridgehead atoms. The van der Waals surface area contributed by atoms with Gasteiger partial charge in [0, 0.05) is 41.8 Å². The molecule has 5 aromatic heterocycles. The fraction of sp³-hybridized carbons (Fsp3) is 0. The minimum atomic E-state index is 0. The number of pyridine rings is 3. The molecule has 5 heterocycles. The van der Waals surface area contributed by atoms with Crippen LogP contribution in [-0.4, -0.2) is 23.8 Å². The van der Waals surface area contributed by atoms with Crippen LogP contribution in [0.25, 0.3) is 88.3 Å². The van der Waals surface area contributed by atoms with Gasteiger partial charge in [-0.25, -0.2) is 0 Å². The SMILES string of the molecule is [Pt+2].[c-]1c(Oc2[c-]c3c(cc2)c2ncccc2n2c(-c4ccccc4)cnc32)ccc2c1c1nccn1c1ccc(-c3ccccc3)c(-c3ccccc3)c21. The molecule has 0 aliphatic carbocycles. The topological polar surface area (TPSA) is 56.7 Å². The largest absolute Gasteiger partial charge is 2.00 e. The molecule has 0 radical (unpaired) electrons. The molecule has 0 amide bonds. The minimum absolute atomic E-state index is 0. The second-order valence-corrected chi connectivity index (χ2v) is 13.1. The molecule has 0 fully saturated rings. The molecule has 54 heavy (non-hydrogen) atoms. The van der Waals surface area contributed by atoms with Crippen LogP contribution in [0.2, 0.25) is 0 Å². The first-order valence-electron chi connectivity index (χ1n) is 17.5. The first-order chi connectivity index (χ1) is 26.3. The molecule has 6 nitrogen and oxygen atoms in total. The summed E-state index contributed by atoms with van der Waals surface area (Å²) in [5.74, 6) is 1.13. The smallest absolute Gasteiger partial charge is 0.497 e. The summed E-state index contributed by atoms with van der Waals surface area (Å²) in [7, 11) is 0. The third kappa shape index (κ3) is 4.95. The Morgan fingerprint density at radius 2 is 1.19 bits per heavy atom. The van der Waals surface area contributed by atoms with Crippen LogP contribution in [0.5, 0.6) is 11.5 Å². The third-order valence-corrected chi connectivity index (χ3v) is 10.1. The van der Waals surface area contributed by atoms with E-state index in [0.717, 1.165) is 77.2 Å². The van der Waals surface area contributed by atoms with E-state index in [0.29, 0.717) is 11.5 Å². The summed E-state index contributed by atoms with van der Waals surface area (Å²) in [6.07, 6.45) is 7.61. The first kappa shape index (κ1) is 32.1. The number of ether oxygens (including phenoxy) is 1. The summed E-state index contributed by atoms with van der Waals surface area (Å²) in [5, 5.41) is 4.85. The van der Waals surface area contributed by atoms with Crippen LogP contribution in [-0.2, 0) is 21.1 Å². The third-order valence-electron chi connectivity index (χ3n) is 10.1. The fourth-order valence-corrected chi connectivity index (χ4v) is 7.83. The molecular formula is C47H27N5OPt. The van der Waals surface area contributed by atoms with Crippen molar-refractivity contribution in [1.29, 1.82) is 0 Å².